The Morgan fingerprint density at radius 3 is 2.55 bits per heavy atom. The van der Waals surface area contributed by atoms with Crippen molar-refractivity contribution in [3.8, 4) is 0 Å². The molecule has 0 aliphatic carbocycles. The van der Waals surface area contributed by atoms with Gasteiger partial charge in [0.05, 0.1) is 0 Å². The van der Waals surface area contributed by atoms with E-state index in [4.69, 9.17) is 0 Å². The van der Waals surface area contributed by atoms with E-state index in [1.807, 2.05) is 11.0 Å². The lowest BCUT2D eigenvalue weighted by molar-refractivity contribution is -0.135. The van der Waals surface area contributed by atoms with Crippen LogP contribution in [0.15, 0.2) is 36.4 Å². The lowest BCUT2D eigenvalue weighted by Crippen LogP contribution is -2.42. The highest BCUT2D eigenvalue weighted by atomic mass is 16.2. The number of carbonyl (C=O) groups is 1. The van der Waals surface area contributed by atoms with Gasteiger partial charge in [-0.1, -0.05) is 36.4 Å². The quantitative estimate of drug-likeness (QED) is 0.894. The summed E-state index contributed by atoms with van der Waals surface area (Å²) in [6, 6.07) is 10.5. The van der Waals surface area contributed by atoms with Gasteiger partial charge in [-0.2, -0.15) is 0 Å². The molecule has 0 spiro atoms. The van der Waals surface area contributed by atoms with Crippen molar-refractivity contribution in [2.75, 3.05) is 26.2 Å². The summed E-state index contributed by atoms with van der Waals surface area (Å²) in [4.78, 5) is 14.5. The minimum Gasteiger partial charge on any atom is -0.338 e. The first-order chi connectivity index (χ1) is 9.84. The number of hydrogen-bond acceptors (Lipinski definition) is 2. The van der Waals surface area contributed by atoms with E-state index < -0.39 is 0 Å². The van der Waals surface area contributed by atoms with Crippen LogP contribution in [0, 0.1) is 5.92 Å². The number of nitrogens with one attached hydrogen (secondary N) is 1. The Morgan fingerprint density at radius 2 is 1.90 bits per heavy atom. The van der Waals surface area contributed by atoms with Gasteiger partial charge in [-0.05, 0) is 43.5 Å². The second-order valence-corrected chi connectivity index (χ2v) is 5.65. The molecule has 2 aliphatic rings. The zero-order valence-corrected chi connectivity index (χ0v) is 11.8. The number of rotatable bonds is 2. The first-order valence-corrected chi connectivity index (χ1v) is 7.58. The lowest BCUT2D eigenvalue weighted by atomic mass is 9.94. The molecule has 3 nitrogen and oxygen atoms in total. The van der Waals surface area contributed by atoms with Crippen molar-refractivity contribution in [2.45, 2.75) is 19.3 Å². The molecule has 0 radical (unpaired) electrons. The fourth-order valence-corrected chi connectivity index (χ4v) is 3.11. The molecule has 1 saturated heterocycles. The number of benzene rings is 1. The van der Waals surface area contributed by atoms with Gasteiger partial charge in [0.15, 0.2) is 0 Å². The van der Waals surface area contributed by atoms with Crippen molar-refractivity contribution in [2.24, 2.45) is 5.92 Å². The topological polar surface area (TPSA) is 32.3 Å². The van der Waals surface area contributed by atoms with Crippen molar-refractivity contribution in [1.29, 1.82) is 0 Å². The maximum absolute atomic E-state index is 12.5. The van der Waals surface area contributed by atoms with E-state index in [1.54, 1.807) is 0 Å². The van der Waals surface area contributed by atoms with Crippen molar-refractivity contribution in [1.82, 2.24) is 10.2 Å². The maximum atomic E-state index is 12.5. The van der Waals surface area contributed by atoms with Crippen LogP contribution in [0.1, 0.15) is 24.8 Å². The maximum Gasteiger partial charge on any atom is 0.226 e. The van der Waals surface area contributed by atoms with E-state index in [2.05, 4.69) is 35.7 Å². The highest BCUT2D eigenvalue weighted by Crippen LogP contribution is 2.24. The molecule has 2 aliphatic heterocycles. The fourth-order valence-electron chi connectivity index (χ4n) is 3.11. The predicted molar refractivity (Wildman–Crippen MR) is 81.2 cm³/mol. The van der Waals surface area contributed by atoms with Gasteiger partial charge in [-0.25, -0.2) is 0 Å². The zero-order valence-electron chi connectivity index (χ0n) is 11.8. The summed E-state index contributed by atoms with van der Waals surface area (Å²) in [5, 5.41) is 3.32. The molecule has 3 rings (SSSR count). The molecule has 0 saturated carbocycles. The van der Waals surface area contributed by atoms with Crippen LogP contribution in [0.4, 0.5) is 0 Å². The van der Waals surface area contributed by atoms with Crippen LogP contribution in [0.2, 0.25) is 0 Å². The van der Waals surface area contributed by atoms with E-state index in [0.717, 1.165) is 45.4 Å². The number of piperidine rings is 1. The molecule has 0 aromatic heterocycles. The Labute approximate surface area is 120 Å². The van der Waals surface area contributed by atoms with Crippen LogP contribution < -0.4 is 5.32 Å². The molecule has 0 unspecified atom stereocenters. The van der Waals surface area contributed by atoms with Gasteiger partial charge in [0.25, 0.3) is 0 Å². The van der Waals surface area contributed by atoms with Gasteiger partial charge >= 0.3 is 0 Å². The van der Waals surface area contributed by atoms with E-state index in [0.29, 0.717) is 5.91 Å². The molecule has 0 bridgehead atoms. The minimum atomic E-state index is 0.239. The highest BCUT2D eigenvalue weighted by molar-refractivity contribution is 5.80. The van der Waals surface area contributed by atoms with Crippen molar-refractivity contribution in [3.05, 3.63) is 42.0 Å². The number of carbonyl (C=O) groups excluding carboxylic acids is 1. The van der Waals surface area contributed by atoms with Crippen LogP contribution >= 0.6 is 0 Å². The standard InChI is InChI=1S/C17H22N2O/c20-17(16-6-10-18-11-7-16)19-12-8-15(9-13-19)14-4-2-1-3-5-14/h1-5,8,16,18H,6-7,9-13H2. The Bertz CT molecular complexity index is 489. The van der Waals surface area contributed by atoms with Gasteiger partial charge in [0.2, 0.25) is 5.91 Å². The molecular weight excluding hydrogens is 248 g/mol. The molecule has 1 aromatic carbocycles. The molecule has 1 N–H and O–H groups in total. The summed E-state index contributed by atoms with van der Waals surface area (Å²) in [5.41, 5.74) is 2.67. The van der Waals surface area contributed by atoms with Crippen LogP contribution in [-0.4, -0.2) is 37.0 Å². The van der Waals surface area contributed by atoms with E-state index in [-0.39, 0.29) is 5.92 Å². The number of amides is 1. The van der Waals surface area contributed by atoms with E-state index >= 15 is 0 Å². The van der Waals surface area contributed by atoms with Gasteiger partial charge in [0, 0.05) is 19.0 Å². The highest BCUT2D eigenvalue weighted by Gasteiger charge is 2.26. The van der Waals surface area contributed by atoms with Crippen molar-refractivity contribution in [3.63, 3.8) is 0 Å². The normalized spacial score (nSPS) is 20.6. The molecule has 1 fully saturated rings. The molecule has 106 valence electrons. The zero-order chi connectivity index (χ0) is 13.8. The first-order valence-electron chi connectivity index (χ1n) is 7.58. The smallest absolute Gasteiger partial charge is 0.226 e. The molecule has 0 atom stereocenters. The summed E-state index contributed by atoms with van der Waals surface area (Å²) in [6.07, 6.45) is 5.17. The van der Waals surface area contributed by atoms with Gasteiger partial charge < -0.3 is 10.2 Å². The van der Waals surface area contributed by atoms with E-state index in [1.165, 1.54) is 11.1 Å². The predicted octanol–water partition coefficient (Wildman–Crippen LogP) is 2.30. The number of hydrogen-bond donors (Lipinski definition) is 1. The second-order valence-electron chi connectivity index (χ2n) is 5.65. The monoisotopic (exact) mass is 270 g/mol. The van der Waals surface area contributed by atoms with Crippen LogP contribution in [-0.2, 0) is 4.79 Å². The third kappa shape index (κ3) is 2.93. The third-order valence-electron chi connectivity index (χ3n) is 4.35. The summed E-state index contributed by atoms with van der Waals surface area (Å²) in [7, 11) is 0. The minimum absolute atomic E-state index is 0.239. The Balaban J connectivity index is 1.62. The van der Waals surface area contributed by atoms with Gasteiger partial charge in [0.1, 0.15) is 0 Å². The van der Waals surface area contributed by atoms with Gasteiger partial charge in [-0.15, -0.1) is 0 Å². The summed E-state index contributed by atoms with van der Waals surface area (Å²) < 4.78 is 0. The lowest BCUT2D eigenvalue weighted by Gasteiger charge is -2.31. The Kier molecular flexibility index (Phi) is 4.16. The SMILES string of the molecule is O=C(C1CCNCC1)N1CC=C(c2ccccc2)CC1. The molecule has 20 heavy (non-hydrogen) atoms. The Hall–Kier alpha value is -1.61. The summed E-state index contributed by atoms with van der Waals surface area (Å²) in [6.45, 7) is 3.60. The summed E-state index contributed by atoms with van der Waals surface area (Å²) >= 11 is 0. The molecule has 1 amide bonds. The first kappa shape index (κ1) is 13.4. The second kappa shape index (κ2) is 6.23. The number of nitrogens with zero attached hydrogens (tertiary/aromatic N) is 1. The van der Waals surface area contributed by atoms with Gasteiger partial charge in [-0.3, -0.25) is 4.79 Å². The summed E-state index contributed by atoms with van der Waals surface area (Å²) in [5.74, 6) is 0.595. The van der Waals surface area contributed by atoms with Crippen molar-refractivity contribution < 1.29 is 4.79 Å². The fraction of sp³-hybridized carbons (Fsp3) is 0.471. The van der Waals surface area contributed by atoms with Crippen LogP contribution in [0.3, 0.4) is 0 Å². The largest absolute Gasteiger partial charge is 0.338 e. The van der Waals surface area contributed by atoms with Crippen LogP contribution in [0.25, 0.3) is 5.57 Å². The molecular formula is C17H22N2O. The Morgan fingerprint density at radius 1 is 1.15 bits per heavy atom. The average molecular weight is 270 g/mol. The molecule has 2 heterocycles. The van der Waals surface area contributed by atoms with Crippen molar-refractivity contribution >= 4 is 11.5 Å². The third-order valence-corrected chi connectivity index (χ3v) is 4.35. The molecule has 3 heteroatoms. The van der Waals surface area contributed by atoms with Crippen LogP contribution in [0.5, 0.6) is 0 Å². The average Bonchev–Trinajstić information content (AvgIpc) is 2.56. The van der Waals surface area contributed by atoms with E-state index in [9.17, 15) is 4.79 Å². The molecule has 1 aromatic rings.